The molecule has 0 saturated carbocycles. The van der Waals surface area contributed by atoms with E-state index in [9.17, 15) is 9.59 Å². The lowest BCUT2D eigenvalue weighted by Gasteiger charge is -2.09. The highest BCUT2D eigenvalue weighted by atomic mass is 16.5. The highest BCUT2D eigenvalue weighted by molar-refractivity contribution is 6.03. The normalized spacial score (nSPS) is 10.4. The van der Waals surface area contributed by atoms with Gasteiger partial charge in [-0.15, -0.1) is 0 Å². The van der Waals surface area contributed by atoms with Crippen LogP contribution in [-0.4, -0.2) is 25.2 Å². The summed E-state index contributed by atoms with van der Waals surface area (Å²) < 4.78 is 10.3. The summed E-state index contributed by atoms with van der Waals surface area (Å²) in [6, 6.07) is 6.62. The lowest BCUT2D eigenvalue weighted by Crippen LogP contribution is -2.14. The van der Waals surface area contributed by atoms with E-state index in [2.05, 4.69) is 6.92 Å². The lowest BCUT2D eigenvalue weighted by atomic mass is 10.1. The number of esters is 2. The summed E-state index contributed by atoms with van der Waals surface area (Å²) in [5, 5.41) is 0. The second-order valence-corrected chi connectivity index (χ2v) is 5.88. The first-order valence-corrected chi connectivity index (χ1v) is 9.14. The van der Waals surface area contributed by atoms with Gasteiger partial charge in [-0.05, 0) is 25.5 Å². The Morgan fingerprint density at radius 2 is 1.25 bits per heavy atom. The number of ether oxygens (including phenoxy) is 2. The molecule has 0 N–H and O–H groups in total. The quantitative estimate of drug-likeness (QED) is 0.391. The van der Waals surface area contributed by atoms with Crippen molar-refractivity contribution < 1.29 is 19.1 Å². The molecule has 0 fully saturated rings. The molecule has 0 aromatic heterocycles. The Labute approximate surface area is 145 Å². The van der Waals surface area contributed by atoms with Crippen molar-refractivity contribution in [1.29, 1.82) is 0 Å². The van der Waals surface area contributed by atoms with Gasteiger partial charge in [0.25, 0.3) is 0 Å². The molecular formula is C20H30O4. The maximum absolute atomic E-state index is 12.2. The van der Waals surface area contributed by atoms with Crippen molar-refractivity contribution in [1.82, 2.24) is 0 Å². The zero-order valence-corrected chi connectivity index (χ0v) is 15.0. The molecule has 0 atom stereocenters. The van der Waals surface area contributed by atoms with Gasteiger partial charge in [0.2, 0.25) is 0 Å². The van der Waals surface area contributed by atoms with Gasteiger partial charge in [0.1, 0.15) is 0 Å². The molecule has 0 bridgehead atoms. The molecule has 4 nitrogen and oxygen atoms in total. The van der Waals surface area contributed by atoms with Crippen LogP contribution in [0, 0.1) is 0 Å². The zero-order chi connectivity index (χ0) is 17.6. The van der Waals surface area contributed by atoms with E-state index in [1.807, 2.05) is 0 Å². The van der Waals surface area contributed by atoms with Crippen LogP contribution in [0.2, 0.25) is 0 Å². The average Bonchev–Trinajstić information content (AvgIpc) is 2.60. The molecule has 1 aromatic rings. The fraction of sp³-hybridized carbons (Fsp3) is 0.600. The molecule has 1 aromatic carbocycles. The van der Waals surface area contributed by atoms with Crippen LogP contribution in [0.3, 0.4) is 0 Å². The molecule has 4 heteroatoms. The Hall–Kier alpha value is -1.84. The molecule has 0 spiro atoms. The van der Waals surface area contributed by atoms with Crippen LogP contribution in [0.1, 0.15) is 85.9 Å². The molecule has 0 aliphatic heterocycles. The highest BCUT2D eigenvalue weighted by Gasteiger charge is 2.18. The van der Waals surface area contributed by atoms with E-state index in [0.717, 1.165) is 12.8 Å². The number of benzene rings is 1. The molecule has 24 heavy (non-hydrogen) atoms. The third-order valence-electron chi connectivity index (χ3n) is 3.87. The summed E-state index contributed by atoms with van der Waals surface area (Å²) in [6.07, 6.45) is 9.55. The van der Waals surface area contributed by atoms with E-state index in [-0.39, 0.29) is 17.7 Å². The molecule has 0 radical (unpaired) electrons. The number of carbonyl (C=O) groups excluding carboxylic acids is 2. The Balaban J connectivity index is 2.30. The van der Waals surface area contributed by atoms with Crippen molar-refractivity contribution in [3.05, 3.63) is 35.4 Å². The maximum Gasteiger partial charge on any atom is 0.339 e. The summed E-state index contributed by atoms with van der Waals surface area (Å²) in [5.74, 6) is -0.946. The third kappa shape index (κ3) is 7.62. The second-order valence-electron chi connectivity index (χ2n) is 5.88. The van der Waals surface area contributed by atoms with E-state index in [4.69, 9.17) is 9.47 Å². The molecule has 0 heterocycles. The van der Waals surface area contributed by atoms with Crippen LogP contribution in [0.15, 0.2) is 24.3 Å². The van der Waals surface area contributed by atoms with Crippen molar-refractivity contribution in [2.45, 2.75) is 65.2 Å². The minimum atomic E-state index is -0.489. The van der Waals surface area contributed by atoms with Gasteiger partial charge in [0.15, 0.2) is 0 Å². The molecule has 1 rings (SSSR count). The van der Waals surface area contributed by atoms with Crippen LogP contribution in [-0.2, 0) is 9.47 Å². The Morgan fingerprint density at radius 3 is 1.79 bits per heavy atom. The van der Waals surface area contributed by atoms with Crippen LogP contribution < -0.4 is 0 Å². The van der Waals surface area contributed by atoms with Crippen LogP contribution in [0.5, 0.6) is 0 Å². The standard InChI is InChI=1S/C20H30O4/c1-3-5-6-7-8-9-10-13-16-24-20(22)18-15-12-11-14-17(18)19(21)23-4-2/h11-12,14-15H,3-10,13,16H2,1-2H3. The SMILES string of the molecule is CCCCCCCCCCOC(=O)c1ccccc1C(=O)OCC. The minimum Gasteiger partial charge on any atom is -0.462 e. The van der Waals surface area contributed by atoms with E-state index in [0.29, 0.717) is 6.61 Å². The number of carbonyl (C=O) groups is 2. The predicted molar refractivity (Wildman–Crippen MR) is 95.3 cm³/mol. The molecule has 0 unspecified atom stereocenters. The first kappa shape index (κ1) is 20.2. The maximum atomic E-state index is 12.2. The largest absolute Gasteiger partial charge is 0.462 e. The summed E-state index contributed by atoms with van der Waals surface area (Å²) >= 11 is 0. The number of unbranched alkanes of at least 4 members (excludes halogenated alkanes) is 7. The lowest BCUT2D eigenvalue weighted by molar-refractivity contribution is 0.0462. The van der Waals surface area contributed by atoms with E-state index >= 15 is 0 Å². The molecule has 0 saturated heterocycles. The molecule has 0 amide bonds. The molecule has 134 valence electrons. The minimum absolute atomic E-state index is 0.264. The predicted octanol–water partition coefficient (Wildman–Crippen LogP) is 5.16. The monoisotopic (exact) mass is 334 g/mol. The first-order valence-electron chi connectivity index (χ1n) is 9.14. The topological polar surface area (TPSA) is 52.6 Å². The summed E-state index contributed by atoms with van der Waals surface area (Å²) in [5.41, 5.74) is 0.538. The summed E-state index contributed by atoms with van der Waals surface area (Å²) in [4.78, 5) is 24.0. The van der Waals surface area contributed by atoms with Crippen LogP contribution >= 0.6 is 0 Å². The van der Waals surface area contributed by atoms with Crippen molar-refractivity contribution in [3.8, 4) is 0 Å². The van der Waals surface area contributed by atoms with Gasteiger partial charge in [-0.3, -0.25) is 0 Å². The summed E-state index contributed by atoms with van der Waals surface area (Å²) in [7, 11) is 0. The van der Waals surface area contributed by atoms with Crippen molar-refractivity contribution in [2.75, 3.05) is 13.2 Å². The molecule has 0 aliphatic carbocycles. The Morgan fingerprint density at radius 1 is 0.750 bits per heavy atom. The number of hydrogen-bond acceptors (Lipinski definition) is 4. The Kier molecular flexibility index (Phi) is 10.6. The fourth-order valence-corrected chi connectivity index (χ4v) is 2.53. The average molecular weight is 334 g/mol. The molecule has 0 aliphatic rings. The van der Waals surface area contributed by atoms with Crippen molar-refractivity contribution in [2.24, 2.45) is 0 Å². The van der Waals surface area contributed by atoms with Gasteiger partial charge in [-0.25, -0.2) is 9.59 Å². The molecular weight excluding hydrogens is 304 g/mol. The van der Waals surface area contributed by atoms with E-state index in [1.54, 1.807) is 31.2 Å². The Bertz CT molecular complexity index is 496. The van der Waals surface area contributed by atoms with Gasteiger partial charge in [0, 0.05) is 0 Å². The van der Waals surface area contributed by atoms with E-state index in [1.165, 1.54) is 38.5 Å². The van der Waals surface area contributed by atoms with Gasteiger partial charge in [-0.2, -0.15) is 0 Å². The van der Waals surface area contributed by atoms with Crippen LogP contribution in [0.4, 0.5) is 0 Å². The zero-order valence-electron chi connectivity index (χ0n) is 15.0. The number of rotatable bonds is 12. The van der Waals surface area contributed by atoms with Gasteiger partial charge < -0.3 is 9.47 Å². The fourth-order valence-electron chi connectivity index (χ4n) is 2.53. The van der Waals surface area contributed by atoms with Gasteiger partial charge in [0.05, 0.1) is 24.3 Å². The summed E-state index contributed by atoms with van der Waals surface area (Å²) in [6.45, 7) is 4.63. The smallest absolute Gasteiger partial charge is 0.339 e. The van der Waals surface area contributed by atoms with Crippen LogP contribution in [0.25, 0.3) is 0 Å². The second kappa shape index (κ2) is 12.6. The van der Waals surface area contributed by atoms with Gasteiger partial charge >= 0.3 is 11.9 Å². The van der Waals surface area contributed by atoms with Gasteiger partial charge in [-0.1, -0.05) is 64.0 Å². The third-order valence-corrected chi connectivity index (χ3v) is 3.87. The highest BCUT2D eigenvalue weighted by Crippen LogP contribution is 2.13. The van der Waals surface area contributed by atoms with Crippen molar-refractivity contribution in [3.63, 3.8) is 0 Å². The first-order chi connectivity index (χ1) is 11.7. The number of hydrogen-bond donors (Lipinski definition) is 0. The van der Waals surface area contributed by atoms with Crippen molar-refractivity contribution >= 4 is 11.9 Å². The van der Waals surface area contributed by atoms with E-state index < -0.39 is 11.9 Å².